The Labute approximate surface area is 101 Å². The zero-order chi connectivity index (χ0) is 10.6. The van der Waals surface area contributed by atoms with E-state index in [0.29, 0.717) is 10.6 Å². The second kappa shape index (κ2) is 7.04. The molecule has 0 spiro atoms. The summed E-state index contributed by atoms with van der Waals surface area (Å²) in [4.78, 5) is 0. The van der Waals surface area contributed by atoms with Crippen molar-refractivity contribution in [2.75, 3.05) is 0 Å². The van der Waals surface area contributed by atoms with Crippen molar-refractivity contribution in [2.24, 2.45) is 5.73 Å². The lowest BCUT2D eigenvalue weighted by Crippen LogP contribution is -2.11. The van der Waals surface area contributed by atoms with Gasteiger partial charge in [0.05, 0.1) is 0 Å². The molecule has 1 aromatic carbocycles. The van der Waals surface area contributed by atoms with Crippen molar-refractivity contribution in [3.05, 3.63) is 34.6 Å². The van der Waals surface area contributed by atoms with E-state index in [-0.39, 0.29) is 24.3 Å². The molecule has 1 nitrogen and oxygen atoms in total. The van der Waals surface area contributed by atoms with Crippen LogP contribution in [0.2, 0.25) is 5.02 Å². The van der Waals surface area contributed by atoms with E-state index in [2.05, 4.69) is 6.92 Å². The molecule has 0 heterocycles. The first-order valence-electron chi connectivity index (χ1n) is 4.85. The van der Waals surface area contributed by atoms with Crippen LogP contribution in [0.1, 0.15) is 37.8 Å². The highest BCUT2D eigenvalue weighted by Gasteiger charge is 2.10. The van der Waals surface area contributed by atoms with Gasteiger partial charge < -0.3 is 5.73 Å². The summed E-state index contributed by atoms with van der Waals surface area (Å²) in [5, 5.41) is 0.411. The van der Waals surface area contributed by atoms with Crippen LogP contribution >= 0.6 is 24.0 Å². The molecule has 0 unspecified atom stereocenters. The maximum Gasteiger partial charge on any atom is 0.129 e. The van der Waals surface area contributed by atoms with Crippen molar-refractivity contribution in [1.82, 2.24) is 0 Å². The molecule has 0 saturated heterocycles. The van der Waals surface area contributed by atoms with Crippen LogP contribution in [0.3, 0.4) is 0 Å². The number of benzene rings is 1. The molecule has 0 aliphatic carbocycles. The van der Waals surface area contributed by atoms with Gasteiger partial charge in [-0.1, -0.05) is 37.4 Å². The second-order valence-corrected chi connectivity index (χ2v) is 3.85. The minimum absolute atomic E-state index is 0. The average molecular weight is 252 g/mol. The number of hydrogen-bond acceptors (Lipinski definition) is 1. The van der Waals surface area contributed by atoms with E-state index in [0.717, 1.165) is 19.3 Å². The Morgan fingerprint density at radius 3 is 2.67 bits per heavy atom. The minimum Gasteiger partial charge on any atom is -0.324 e. The number of hydrogen-bond donors (Lipinski definition) is 1. The zero-order valence-electron chi connectivity index (χ0n) is 8.67. The van der Waals surface area contributed by atoms with Gasteiger partial charge in [-0.3, -0.25) is 0 Å². The van der Waals surface area contributed by atoms with Crippen LogP contribution in [0.4, 0.5) is 4.39 Å². The Morgan fingerprint density at radius 1 is 1.47 bits per heavy atom. The van der Waals surface area contributed by atoms with Gasteiger partial charge in [0.1, 0.15) is 5.82 Å². The summed E-state index contributed by atoms with van der Waals surface area (Å²) in [6.07, 6.45) is 2.90. The first-order valence-corrected chi connectivity index (χ1v) is 5.23. The van der Waals surface area contributed by atoms with Crippen molar-refractivity contribution < 1.29 is 4.39 Å². The molecule has 86 valence electrons. The van der Waals surface area contributed by atoms with Gasteiger partial charge in [-0.25, -0.2) is 4.39 Å². The monoisotopic (exact) mass is 251 g/mol. The molecule has 1 atom stereocenters. The molecule has 0 bridgehead atoms. The van der Waals surface area contributed by atoms with Crippen molar-refractivity contribution in [3.8, 4) is 0 Å². The molecular formula is C11H16Cl2FN. The molecule has 1 aromatic rings. The van der Waals surface area contributed by atoms with Crippen molar-refractivity contribution >= 4 is 24.0 Å². The molecular weight excluding hydrogens is 236 g/mol. The normalized spacial score (nSPS) is 12.0. The van der Waals surface area contributed by atoms with Crippen LogP contribution in [-0.4, -0.2) is 0 Å². The molecule has 2 N–H and O–H groups in total. The first-order chi connectivity index (χ1) is 6.65. The summed E-state index contributed by atoms with van der Waals surface area (Å²) in [5.74, 6) is -0.305. The van der Waals surface area contributed by atoms with E-state index >= 15 is 0 Å². The van der Waals surface area contributed by atoms with Gasteiger partial charge in [0.2, 0.25) is 0 Å². The van der Waals surface area contributed by atoms with Crippen molar-refractivity contribution in [2.45, 2.75) is 32.2 Å². The summed E-state index contributed by atoms with van der Waals surface area (Å²) in [6, 6.07) is 4.43. The van der Waals surface area contributed by atoms with Crippen LogP contribution in [0.15, 0.2) is 18.2 Å². The third-order valence-corrected chi connectivity index (χ3v) is 2.47. The lowest BCUT2D eigenvalue weighted by Gasteiger charge is -2.12. The smallest absolute Gasteiger partial charge is 0.129 e. The van der Waals surface area contributed by atoms with Gasteiger partial charge in [-0.05, 0) is 18.6 Å². The second-order valence-electron chi connectivity index (χ2n) is 3.41. The third kappa shape index (κ3) is 4.37. The maximum absolute atomic E-state index is 13.4. The van der Waals surface area contributed by atoms with Gasteiger partial charge in [0, 0.05) is 16.6 Å². The third-order valence-electron chi connectivity index (χ3n) is 2.23. The first kappa shape index (κ1) is 14.7. The topological polar surface area (TPSA) is 26.0 Å². The highest BCUT2D eigenvalue weighted by Crippen LogP contribution is 2.22. The van der Waals surface area contributed by atoms with Gasteiger partial charge in [0.25, 0.3) is 0 Å². The summed E-state index contributed by atoms with van der Waals surface area (Å²) in [6.45, 7) is 2.09. The molecule has 0 aromatic heterocycles. The van der Waals surface area contributed by atoms with Gasteiger partial charge in [0.15, 0.2) is 0 Å². The van der Waals surface area contributed by atoms with Crippen LogP contribution in [0.25, 0.3) is 0 Å². The fourth-order valence-corrected chi connectivity index (χ4v) is 1.54. The predicted octanol–water partition coefficient (Wildman–Crippen LogP) is 4.09. The molecule has 4 heteroatoms. The molecule has 0 aliphatic heterocycles. The Kier molecular flexibility index (Phi) is 6.90. The summed E-state index contributed by atoms with van der Waals surface area (Å²) in [5.41, 5.74) is 6.41. The fraction of sp³-hybridized carbons (Fsp3) is 0.455. The van der Waals surface area contributed by atoms with Crippen LogP contribution in [0, 0.1) is 5.82 Å². The molecule has 1 rings (SSSR count). The van der Waals surface area contributed by atoms with E-state index in [9.17, 15) is 4.39 Å². The molecule has 0 saturated carbocycles. The average Bonchev–Trinajstić information content (AvgIpc) is 2.14. The van der Waals surface area contributed by atoms with Crippen LogP contribution in [0.5, 0.6) is 0 Å². The Hall–Kier alpha value is -0.310. The largest absolute Gasteiger partial charge is 0.324 e. The summed E-state index contributed by atoms with van der Waals surface area (Å²) in [7, 11) is 0. The summed E-state index contributed by atoms with van der Waals surface area (Å²) >= 11 is 5.65. The van der Waals surface area contributed by atoms with E-state index in [1.165, 1.54) is 6.07 Å². The lowest BCUT2D eigenvalue weighted by molar-refractivity contribution is 0.548. The fourth-order valence-electron chi connectivity index (χ4n) is 1.38. The van der Waals surface area contributed by atoms with Crippen molar-refractivity contribution in [3.63, 3.8) is 0 Å². The Bertz CT molecular complexity index is 305. The zero-order valence-corrected chi connectivity index (χ0v) is 10.2. The number of halogens is 3. The minimum atomic E-state index is -0.305. The van der Waals surface area contributed by atoms with Crippen LogP contribution in [-0.2, 0) is 0 Å². The van der Waals surface area contributed by atoms with Gasteiger partial charge >= 0.3 is 0 Å². The maximum atomic E-state index is 13.4. The summed E-state index contributed by atoms with van der Waals surface area (Å²) < 4.78 is 13.4. The van der Waals surface area contributed by atoms with Gasteiger partial charge in [-0.2, -0.15) is 0 Å². The van der Waals surface area contributed by atoms with E-state index < -0.39 is 0 Å². The molecule has 0 amide bonds. The Balaban J connectivity index is 0.00000196. The number of rotatable bonds is 4. The molecule has 0 fully saturated rings. The highest BCUT2D eigenvalue weighted by atomic mass is 35.5. The number of nitrogens with two attached hydrogens (primary N) is 1. The number of unbranched alkanes of at least 4 members (excludes halogenated alkanes) is 1. The van der Waals surface area contributed by atoms with E-state index in [1.54, 1.807) is 12.1 Å². The van der Waals surface area contributed by atoms with Crippen molar-refractivity contribution in [1.29, 1.82) is 0 Å². The molecule has 0 radical (unpaired) electrons. The quantitative estimate of drug-likeness (QED) is 0.858. The lowest BCUT2D eigenvalue weighted by atomic mass is 10.0. The van der Waals surface area contributed by atoms with E-state index in [1.807, 2.05) is 0 Å². The van der Waals surface area contributed by atoms with E-state index in [4.69, 9.17) is 17.3 Å². The predicted molar refractivity (Wildman–Crippen MR) is 65.1 cm³/mol. The van der Waals surface area contributed by atoms with Gasteiger partial charge in [-0.15, -0.1) is 12.4 Å². The Morgan fingerprint density at radius 2 is 2.13 bits per heavy atom. The standard InChI is InChI=1S/C11H15ClFN.ClH/c1-2-3-4-11(14)9-6-5-8(12)7-10(9)13;/h5-7,11H,2-4,14H2,1H3;1H/t11-;/m0./s1. The molecule has 0 aliphatic rings. The van der Waals surface area contributed by atoms with Crippen LogP contribution < -0.4 is 5.73 Å². The SMILES string of the molecule is CCCC[C@H](N)c1ccc(Cl)cc1F.Cl. The molecule has 15 heavy (non-hydrogen) atoms. The highest BCUT2D eigenvalue weighted by molar-refractivity contribution is 6.30.